The topological polar surface area (TPSA) is 208 Å². The van der Waals surface area contributed by atoms with E-state index in [-0.39, 0.29) is 59.7 Å². The standard InChI is InChI=1S/C33H41N3O10/c1-18-22(30(33(45)46)36-29(18)28(19(2)37)32(36)44)17-35(14-6-12-34-31(43)21-9-11-25(40)27(42)16-21)13-5-3-4-7-23(38)20-8-10-24(39)26(41)15-20/h8-11,15-16,18-19,28-29,37,39-42H,3-7,12-14,17H2,1-2H3,(H,34,43)(H,45,46)/t18-,19+,28+,29+/m0/s1. The number of fused-ring (bicyclic) bond motifs is 1. The molecule has 0 bridgehead atoms. The maximum absolute atomic E-state index is 12.8. The lowest BCUT2D eigenvalue weighted by atomic mass is 9.77. The van der Waals surface area contributed by atoms with Gasteiger partial charge in [0.15, 0.2) is 28.8 Å². The summed E-state index contributed by atoms with van der Waals surface area (Å²) >= 11 is 0. The highest BCUT2D eigenvalue weighted by Crippen LogP contribution is 2.47. The number of carboxylic acid groups (broad SMARTS) is 1. The minimum Gasteiger partial charge on any atom is -0.504 e. The van der Waals surface area contributed by atoms with Gasteiger partial charge in [0.1, 0.15) is 5.70 Å². The Labute approximate surface area is 266 Å². The number of carboxylic acids is 1. The highest BCUT2D eigenvalue weighted by molar-refractivity contribution is 6.00. The number of benzene rings is 2. The van der Waals surface area contributed by atoms with Crippen molar-refractivity contribution in [2.75, 3.05) is 26.2 Å². The minimum atomic E-state index is -1.20. The number of unbranched alkanes of at least 4 members (excludes halogenated alkanes) is 2. The number of phenolic OH excluding ortho intramolecular Hbond substituents is 4. The Morgan fingerprint density at radius 2 is 1.50 bits per heavy atom. The first kappa shape index (κ1) is 34.3. The summed E-state index contributed by atoms with van der Waals surface area (Å²) < 4.78 is 0. The number of amides is 2. The van der Waals surface area contributed by atoms with Crippen LogP contribution in [-0.2, 0) is 9.59 Å². The number of Topliss-reactive ketones (excluding diaryl/α,β-unsaturated/α-hetero) is 1. The average molecular weight is 640 g/mol. The summed E-state index contributed by atoms with van der Waals surface area (Å²) in [6.07, 6.45) is 1.78. The number of aliphatic hydroxyl groups excluding tert-OH is 1. The lowest BCUT2D eigenvalue weighted by Crippen LogP contribution is -2.63. The van der Waals surface area contributed by atoms with Crippen LogP contribution in [0.5, 0.6) is 23.0 Å². The van der Waals surface area contributed by atoms with Crippen LogP contribution in [0, 0.1) is 11.8 Å². The molecule has 0 unspecified atom stereocenters. The van der Waals surface area contributed by atoms with Crippen LogP contribution in [0.15, 0.2) is 47.7 Å². The van der Waals surface area contributed by atoms with Crippen molar-refractivity contribution in [1.29, 1.82) is 0 Å². The third-order valence-electron chi connectivity index (χ3n) is 8.76. The number of β-lactam (4-membered cyclic amide) rings is 1. The van der Waals surface area contributed by atoms with Crippen molar-refractivity contribution in [2.24, 2.45) is 11.8 Å². The Morgan fingerprint density at radius 3 is 2.11 bits per heavy atom. The molecule has 13 nitrogen and oxygen atoms in total. The van der Waals surface area contributed by atoms with Crippen molar-refractivity contribution in [3.8, 4) is 23.0 Å². The molecule has 0 aliphatic carbocycles. The molecule has 1 saturated heterocycles. The van der Waals surface area contributed by atoms with E-state index in [9.17, 15) is 49.8 Å². The number of carbonyl (C=O) groups is 4. The summed E-state index contributed by atoms with van der Waals surface area (Å²) in [5.41, 5.74) is 1.04. The molecule has 248 valence electrons. The van der Waals surface area contributed by atoms with Crippen molar-refractivity contribution in [1.82, 2.24) is 15.1 Å². The SMILES string of the molecule is C[C@@H](O)[C@H]1C(=O)N2C(C(=O)O)=C(CN(CCCCCC(=O)c3ccc(O)c(O)c3)CCCNC(=O)c3ccc(O)c(O)c3)[C@H](C)[C@H]12. The Morgan fingerprint density at radius 1 is 0.891 bits per heavy atom. The summed E-state index contributed by atoms with van der Waals surface area (Å²) in [6, 6.07) is 7.30. The smallest absolute Gasteiger partial charge is 0.352 e. The number of rotatable bonds is 16. The Balaban J connectivity index is 1.38. The second-order valence-corrected chi connectivity index (χ2v) is 12.0. The zero-order valence-corrected chi connectivity index (χ0v) is 25.8. The van der Waals surface area contributed by atoms with Crippen molar-refractivity contribution in [3.05, 3.63) is 58.8 Å². The van der Waals surface area contributed by atoms with E-state index in [4.69, 9.17) is 0 Å². The molecular weight excluding hydrogens is 598 g/mol. The van der Waals surface area contributed by atoms with Crippen molar-refractivity contribution in [2.45, 2.75) is 58.1 Å². The number of phenols is 4. The number of aliphatic hydroxyl groups is 1. The summed E-state index contributed by atoms with van der Waals surface area (Å²) in [4.78, 5) is 53.5. The predicted molar refractivity (Wildman–Crippen MR) is 165 cm³/mol. The minimum absolute atomic E-state index is 0.0485. The zero-order valence-electron chi connectivity index (χ0n) is 25.8. The summed E-state index contributed by atoms with van der Waals surface area (Å²) in [5, 5.41) is 61.3. The maximum atomic E-state index is 12.8. The van der Waals surface area contributed by atoms with Gasteiger partial charge in [0.2, 0.25) is 5.91 Å². The van der Waals surface area contributed by atoms with Gasteiger partial charge in [-0.05, 0) is 74.7 Å². The van der Waals surface area contributed by atoms with Gasteiger partial charge in [-0.15, -0.1) is 0 Å². The molecule has 0 saturated carbocycles. The first-order valence-electron chi connectivity index (χ1n) is 15.4. The van der Waals surface area contributed by atoms with Gasteiger partial charge in [0, 0.05) is 43.1 Å². The molecule has 46 heavy (non-hydrogen) atoms. The van der Waals surface area contributed by atoms with Gasteiger partial charge >= 0.3 is 5.97 Å². The molecule has 2 aliphatic rings. The maximum Gasteiger partial charge on any atom is 0.352 e. The van der Waals surface area contributed by atoms with Crippen LogP contribution < -0.4 is 5.32 Å². The van der Waals surface area contributed by atoms with E-state index in [1.165, 1.54) is 48.2 Å². The average Bonchev–Trinajstić information content (AvgIpc) is 3.24. The second-order valence-electron chi connectivity index (χ2n) is 12.0. The van der Waals surface area contributed by atoms with Gasteiger partial charge in [-0.25, -0.2) is 4.79 Å². The van der Waals surface area contributed by atoms with Crippen LogP contribution in [0.25, 0.3) is 0 Å². The van der Waals surface area contributed by atoms with Crippen molar-refractivity contribution >= 4 is 23.6 Å². The van der Waals surface area contributed by atoms with Gasteiger partial charge in [0.25, 0.3) is 5.91 Å². The number of aliphatic carboxylic acids is 1. The number of nitrogens with one attached hydrogen (secondary N) is 1. The summed E-state index contributed by atoms with van der Waals surface area (Å²) in [6.45, 7) is 4.97. The summed E-state index contributed by atoms with van der Waals surface area (Å²) in [5.74, 6) is -4.56. The van der Waals surface area contributed by atoms with Crippen LogP contribution in [0.1, 0.15) is 66.7 Å². The van der Waals surface area contributed by atoms with Crippen LogP contribution in [-0.4, -0.2) is 102 Å². The number of carbonyl (C=O) groups excluding carboxylic acids is 3. The molecule has 13 heteroatoms. The third-order valence-corrected chi connectivity index (χ3v) is 8.76. The first-order chi connectivity index (χ1) is 21.8. The fraction of sp³-hybridized carbons (Fsp3) is 0.455. The first-order valence-corrected chi connectivity index (χ1v) is 15.4. The largest absolute Gasteiger partial charge is 0.504 e. The zero-order chi connectivity index (χ0) is 33.7. The van der Waals surface area contributed by atoms with Crippen molar-refractivity contribution in [3.63, 3.8) is 0 Å². The Bertz CT molecular complexity index is 1520. The Kier molecular flexibility index (Phi) is 10.9. The van der Waals surface area contributed by atoms with E-state index in [1.54, 1.807) is 0 Å². The van der Waals surface area contributed by atoms with Crippen LogP contribution >= 0.6 is 0 Å². The van der Waals surface area contributed by atoms with E-state index < -0.39 is 41.6 Å². The molecule has 0 spiro atoms. The highest BCUT2D eigenvalue weighted by Gasteiger charge is 2.59. The van der Waals surface area contributed by atoms with E-state index >= 15 is 0 Å². The molecule has 2 aromatic rings. The monoisotopic (exact) mass is 639 g/mol. The molecule has 2 amide bonds. The molecular formula is C33H41N3O10. The van der Waals surface area contributed by atoms with Gasteiger partial charge in [0.05, 0.1) is 18.1 Å². The number of ketones is 1. The lowest BCUT2D eigenvalue weighted by molar-refractivity contribution is -0.163. The molecule has 1 fully saturated rings. The van der Waals surface area contributed by atoms with Gasteiger partial charge < -0.3 is 40.9 Å². The van der Waals surface area contributed by atoms with E-state index in [0.29, 0.717) is 49.9 Å². The fourth-order valence-corrected chi connectivity index (χ4v) is 6.27. The predicted octanol–water partition coefficient (Wildman–Crippen LogP) is 2.57. The van der Waals surface area contributed by atoms with Gasteiger partial charge in [-0.1, -0.05) is 13.3 Å². The quantitative estimate of drug-likeness (QED) is 0.0615. The number of hydrogen-bond donors (Lipinski definition) is 7. The van der Waals surface area contributed by atoms with Gasteiger partial charge in [-0.3, -0.25) is 19.3 Å². The molecule has 0 aromatic heterocycles. The lowest BCUT2D eigenvalue weighted by Gasteiger charge is -2.46. The number of aromatic hydroxyl groups is 4. The fourth-order valence-electron chi connectivity index (χ4n) is 6.27. The second kappa shape index (κ2) is 14.6. The molecule has 2 aliphatic heterocycles. The third kappa shape index (κ3) is 7.43. The summed E-state index contributed by atoms with van der Waals surface area (Å²) in [7, 11) is 0. The molecule has 7 N–H and O–H groups in total. The van der Waals surface area contributed by atoms with Crippen LogP contribution in [0.3, 0.4) is 0 Å². The van der Waals surface area contributed by atoms with Crippen LogP contribution in [0.2, 0.25) is 0 Å². The van der Waals surface area contributed by atoms with E-state index in [1.807, 2.05) is 6.92 Å². The van der Waals surface area contributed by atoms with Crippen molar-refractivity contribution < 1.29 is 49.8 Å². The van der Waals surface area contributed by atoms with Gasteiger partial charge in [-0.2, -0.15) is 0 Å². The molecule has 2 aromatic carbocycles. The number of hydrogen-bond acceptors (Lipinski definition) is 10. The Hall–Kier alpha value is -4.62. The molecule has 2 heterocycles. The van der Waals surface area contributed by atoms with Crippen LogP contribution in [0.4, 0.5) is 0 Å². The van der Waals surface area contributed by atoms with E-state index in [0.717, 1.165) is 0 Å². The normalized spacial score (nSPS) is 19.6. The molecule has 4 rings (SSSR count). The molecule has 4 atom stereocenters. The number of nitrogens with zero attached hydrogens (tertiary/aromatic N) is 2. The molecule has 0 radical (unpaired) electrons. The van der Waals surface area contributed by atoms with E-state index in [2.05, 4.69) is 10.2 Å². The highest BCUT2D eigenvalue weighted by atomic mass is 16.4.